The molecule has 0 N–H and O–H groups in total. The van der Waals surface area contributed by atoms with E-state index < -0.39 is 11.7 Å². The molecule has 0 aromatic heterocycles. The van der Waals surface area contributed by atoms with Gasteiger partial charge < -0.3 is 0 Å². The molecule has 0 saturated carbocycles. The van der Waals surface area contributed by atoms with Crippen molar-refractivity contribution in [2.45, 2.75) is 20.0 Å². The van der Waals surface area contributed by atoms with Crippen molar-refractivity contribution in [1.82, 2.24) is 0 Å². The number of alkyl halides is 3. The molecule has 14 heavy (non-hydrogen) atoms. The highest BCUT2D eigenvalue weighted by atomic mass is 79.9. The summed E-state index contributed by atoms with van der Waals surface area (Å²) in [6.45, 7) is 3.56. The third kappa shape index (κ3) is 2.50. The molecule has 1 aromatic carbocycles. The highest BCUT2D eigenvalue weighted by Crippen LogP contribution is 2.36. The standard InChI is InChI=1S/C10H9BrF3/c1-6(2)7-3-4-9(11)8(5-7)10(12,13)14/h3-5H,1-2H3. The lowest BCUT2D eigenvalue weighted by Gasteiger charge is -2.12. The monoisotopic (exact) mass is 265 g/mol. The zero-order valence-corrected chi connectivity index (χ0v) is 9.33. The fourth-order valence-corrected chi connectivity index (χ4v) is 1.52. The molecule has 0 nitrogen and oxygen atoms in total. The summed E-state index contributed by atoms with van der Waals surface area (Å²) in [6.07, 6.45) is -4.30. The third-order valence-corrected chi connectivity index (χ3v) is 2.54. The number of hydrogen-bond acceptors (Lipinski definition) is 0. The summed E-state index contributed by atoms with van der Waals surface area (Å²) in [5, 5.41) is 0. The molecule has 1 radical (unpaired) electrons. The summed E-state index contributed by atoms with van der Waals surface area (Å²) in [7, 11) is 0. The molecule has 1 rings (SSSR count). The zero-order chi connectivity index (χ0) is 10.9. The molecule has 0 bridgehead atoms. The Hall–Kier alpha value is -0.510. The maximum atomic E-state index is 12.5. The van der Waals surface area contributed by atoms with Crippen LogP contribution in [-0.4, -0.2) is 0 Å². The molecule has 0 aliphatic carbocycles. The lowest BCUT2D eigenvalue weighted by atomic mass is 10.0. The largest absolute Gasteiger partial charge is 0.417 e. The van der Waals surface area contributed by atoms with Crippen LogP contribution in [0.3, 0.4) is 0 Å². The average Bonchev–Trinajstić information content (AvgIpc) is 2.02. The first-order valence-electron chi connectivity index (χ1n) is 3.99. The molecule has 0 amide bonds. The second kappa shape index (κ2) is 3.93. The lowest BCUT2D eigenvalue weighted by molar-refractivity contribution is -0.138. The number of hydrogen-bond donors (Lipinski definition) is 0. The molecule has 0 saturated heterocycles. The highest BCUT2D eigenvalue weighted by Gasteiger charge is 2.33. The molecule has 1 aromatic rings. The van der Waals surface area contributed by atoms with Crippen molar-refractivity contribution in [2.24, 2.45) is 0 Å². The molecule has 4 heteroatoms. The van der Waals surface area contributed by atoms with Crippen LogP contribution >= 0.6 is 15.9 Å². The summed E-state index contributed by atoms with van der Waals surface area (Å²) < 4.78 is 37.4. The predicted molar refractivity (Wildman–Crippen MR) is 52.8 cm³/mol. The van der Waals surface area contributed by atoms with Crippen LogP contribution in [0.2, 0.25) is 0 Å². The van der Waals surface area contributed by atoms with Crippen LogP contribution in [0.5, 0.6) is 0 Å². The van der Waals surface area contributed by atoms with Crippen LogP contribution in [0.25, 0.3) is 0 Å². The van der Waals surface area contributed by atoms with Crippen LogP contribution in [-0.2, 0) is 6.18 Å². The third-order valence-electron chi connectivity index (χ3n) is 1.85. The Labute approximate surface area is 89.3 Å². The van der Waals surface area contributed by atoms with Gasteiger partial charge in [-0.15, -0.1) is 0 Å². The van der Waals surface area contributed by atoms with E-state index in [0.29, 0.717) is 5.56 Å². The first-order chi connectivity index (χ1) is 6.32. The number of halogens is 4. The molecule has 0 fully saturated rings. The van der Waals surface area contributed by atoms with Gasteiger partial charge in [0.05, 0.1) is 5.56 Å². The van der Waals surface area contributed by atoms with Gasteiger partial charge >= 0.3 is 6.18 Å². The summed E-state index contributed by atoms with van der Waals surface area (Å²) in [4.78, 5) is 0. The van der Waals surface area contributed by atoms with Gasteiger partial charge in [0.15, 0.2) is 0 Å². The van der Waals surface area contributed by atoms with Gasteiger partial charge in [0.1, 0.15) is 0 Å². The van der Waals surface area contributed by atoms with Crippen LogP contribution in [0.4, 0.5) is 13.2 Å². The summed E-state index contributed by atoms with van der Waals surface area (Å²) in [6, 6.07) is 4.24. The van der Waals surface area contributed by atoms with Crippen molar-refractivity contribution >= 4 is 15.9 Å². The molecule has 77 valence electrons. The minimum absolute atomic E-state index is 0.0787. The van der Waals surface area contributed by atoms with Crippen LogP contribution in [0.1, 0.15) is 25.0 Å². The summed E-state index contributed by atoms with van der Waals surface area (Å²) in [5.74, 6) is 0.864. The average molecular weight is 266 g/mol. The van der Waals surface area contributed by atoms with Crippen LogP contribution in [0, 0.1) is 5.92 Å². The van der Waals surface area contributed by atoms with Crippen molar-refractivity contribution in [3.05, 3.63) is 39.7 Å². The summed E-state index contributed by atoms with van der Waals surface area (Å²) >= 11 is 2.89. The fraction of sp³-hybridized carbons (Fsp3) is 0.300. The Morgan fingerprint density at radius 1 is 1.21 bits per heavy atom. The fourth-order valence-electron chi connectivity index (χ4n) is 1.05. The van der Waals surface area contributed by atoms with E-state index in [9.17, 15) is 13.2 Å². The first-order valence-corrected chi connectivity index (χ1v) is 4.79. The highest BCUT2D eigenvalue weighted by molar-refractivity contribution is 9.10. The lowest BCUT2D eigenvalue weighted by Crippen LogP contribution is -2.07. The SMILES string of the molecule is C[C](C)c1ccc(Br)c(C(F)(F)F)c1. The van der Waals surface area contributed by atoms with E-state index in [4.69, 9.17) is 0 Å². The van der Waals surface area contributed by atoms with E-state index in [1.165, 1.54) is 6.07 Å². The number of benzene rings is 1. The van der Waals surface area contributed by atoms with Crippen LogP contribution in [0.15, 0.2) is 22.7 Å². The topological polar surface area (TPSA) is 0 Å². The van der Waals surface area contributed by atoms with E-state index >= 15 is 0 Å². The van der Waals surface area contributed by atoms with Gasteiger partial charge in [0, 0.05) is 4.47 Å². The Balaban J connectivity index is 3.22. The van der Waals surface area contributed by atoms with Crippen LogP contribution < -0.4 is 0 Å². The van der Waals surface area contributed by atoms with E-state index in [1.54, 1.807) is 19.9 Å². The minimum atomic E-state index is -4.30. The molecular formula is C10H9BrF3. The Morgan fingerprint density at radius 2 is 1.79 bits per heavy atom. The van der Waals surface area contributed by atoms with Crippen molar-refractivity contribution in [2.75, 3.05) is 0 Å². The van der Waals surface area contributed by atoms with Crippen molar-refractivity contribution < 1.29 is 13.2 Å². The quantitative estimate of drug-likeness (QED) is 0.705. The second-order valence-electron chi connectivity index (χ2n) is 3.19. The molecule has 0 aliphatic heterocycles. The maximum absolute atomic E-state index is 12.5. The second-order valence-corrected chi connectivity index (χ2v) is 4.05. The molecule has 0 atom stereocenters. The zero-order valence-electron chi connectivity index (χ0n) is 7.74. The van der Waals surface area contributed by atoms with Gasteiger partial charge in [-0.05, 0) is 23.6 Å². The Morgan fingerprint density at radius 3 is 2.21 bits per heavy atom. The van der Waals surface area contributed by atoms with Gasteiger partial charge in [-0.1, -0.05) is 35.8 Å². The first kappa shape index (κ1) is 11.6. The number of rotatable bonds is 1. The maximum Gasteiger partial charge on any atom is 0.417 e. The van der Waals surface area contributed by atoms with Gasteiger partial charge in [-0.2, -0.15) is 13.2 Å². The van der Waals surface area contributed by atoms with Gasteiger partial charge in [-0.25, -0.2) is 0 Å². The van der Waals surface area contributed by atoms with Crippen molar-refractivity contribution in [1.29, 1.82) is 0 Å². The molecular weight excluding hydrogens is 257 g/mol. The molecule has 0 aliphatic rings. The Kier molecular flexibility index (Phi) is 3.24. The van der Waals surface area contributed by atoms with Gasteiger partial charge in [0.25, 0.3) is 0 Å². The predicted octanol–water partition coefficient (Wildman–Crippen LogP) is 4.43. The Bertz CT molecular complexity index is 329. The van der Waals surface area contributed by atoms with E-state index in [1.807, 2.05) is 0 Å². The summed E-state index contributed by atoms with van der Waals surface area (Å²) in [5.41, 5.74) is -0.0169. The van der Waals surface area contributed by atoms with E-state index in [2.05, 4.69) is 15.9 Å². The molecule has 0 heterocycles. The van der Waals surface area contributed by atoms with Crippen molar-refractivity contribution in [3.8, 4) is 0 Å². The van der Waals surface area contributed by atoms with Gasteiger partial charge in [0.2, 0.25) is 0 Å². The molecule has 0 spiro atoms. The normalized spacial score (nSPS) is 12.2. The van der Waals surface area contributed by atoms with E-state index in [-0.39, 0.29) is 4.47 Å². The minimum Gasteiger partial charge on any atom is -0.166 e. The smallest absolute Gasteiger partial charge is 0.166 e. The molecule has 0 unspecified atom stereocenters. The van der Waals surface area contributed by atoms with Crippen molar-refractivity contribution in [3.63, 3.8) is 0 Å². The van der Waals surface area contributed by atoms with E-state index in [0.717, 1.165) is 12.0 Å². The van der Waals surface area contributed by atoms with Gasteiger partial charge in [-0.3, -0.25) is 0 Å².